The topological polar surface area (TPSA) is 83.5 Å². The zero-order valence-corrected chi connectivity index (χ0v) is 15.3. The van der Waals surface area contributed by atoms with Gasteiger partial charge in [0.05, 0.1) is 11.5 Å². The van der Waals surface area contributed by atoms with Crippen molar-refractivity contribution in [1.29, 1.82) is 0 Å². The van der Waals surface area contributed by atoms with Crippen LogP contribution in [0, 0.1) is 0 Å². The lowest BCUT2D eigenvalue weighted by Gasteiger charge is -2.23. The number of amides is 1. The first-order chi connectivity index (χ1) is 12.4. The van der Waals surface area contributed by atoms with Gasteiger partial charge in [0, 0.05) is 25.3 Å². The maximum absolute atomic E-state index is 12.6. The Morgan fingerprint density at radius 1 is 1.19 bits per heavy atom. The Labute approximate surface area is 152 Å². The van der Waals surface area contributed by atoms with Crippen LogP contribution in [0.2, 0.25) is 0 Å². The second-order valence-electron chi connectivity index (χ2n) is 6.78. The zero-order valence-electron chi connectivity index (χ0n) is 14.5. The van der Waals surface area contributed by atoms with Crippen molar-refractivity contribution in [2.45, 2.75) is 18.9 Å². The fraction of sp³-hybridized carbons (Fsp3) is 0.389. The maximum atomic E-state index is 12.6. The molecule has 1 unspecified atom stereocenters. The first-order valence-electron chi connectivity index (χ1n) is 8.61. The van der Waals surface area contributed by atoms with Gasteiger partial charge < -0.3 is 9.80 Å². The van der Waals surface area contributed by atoms with Crippen molar-refractivity contribution in [1.82, 2.24) is 15.1 Å². The highest BCUT2D eigenvalue weighted by Gasteiger charge is 2.33. The number of benzene rings is 1. The standard InChI is InChI=1S/C18H20N4O3S/c1-21(14-9-11-26(24,25)12-14)18(23)15-6-7-17(20-19-15)22-10-8-13-4-2-3-5-16(13)22/h2-7,14H,8-12H2,1H3. The molecule has 4 rings (SSSR count). The lowest BCUT2D eigenvalue weighted by molar-refractivity contribution is 0.0740. The molecule has 136 valence electrons. The highest BCUT2D eigenvalue weighted by Crippen LogP contribution is 2.32. The monoisotopic (exact) mass is 372 g/mol. The number of rotatable bonds is 3. The predicted octanol–water partition coefficient (Wildman–Crippen LogP) is 1.43. The molecule has 1 aromatic heterocycles. The number of aromatic nitrogens is 2. The third-order valence-corrected chi connectivity index (χ3v) is 6.86. The molecule has 3 heterocycles. The Balaban J connectivity index is 1.51. The third-order valence-electron chi connectivity index (χ3n) is 5.11. The number of para-hydroxylation sites is 1. The lowest BCUT2D eigenvalue weighted by Crippen LogP contribution is -2.38. The molecular weight excluding hydrogens is 352 g/mol. The van der Waals surface area contributed by atoms with Gasteiger partial charge in [0.2, 0.25) is 0 Å². The van der Waals surface area contributed by atoms with Crippen LogP contribution >= 0.6 is 0 Å². The molecular formula is C18H20N4O3S. The van der Waals surface area contributed by atoms with Crippen LogP contribution in [0.3, 0.4) is 0 Å². The summed E-state index contributed by atoms with van der Waals surface area (Å²) < 4.78 is 23.3. The van der Waals surface area contributed by atoms with E-state index in [0.717, 1.165) is 18.7 Å². The lowest BCUT2D eigenvalue weighted by atomic mass is 10.2. The summed E-state index contributed by atoms with van der Waals surface area (Å²) in [4.78, 5) is 16.1. The second-order valence-corrected chi connectivity index (χ2v) is 9.01. The molecule has 0 spiro atoms. The van der Waals surface area contributed by atoms with E-state index in [1.807, 2.05) is 12.1 Å². The molecule has 1 fully saturated rings. The third kappa shape index (κ3) is 3.05. The van der Waals surface area contributed by atoms with E-state index in [1.165, 1.54) is 10.5 Å². The summed E-state index contributed by atoms with van der Waals surface area (Å²) in [6.45, 7) is 0.834. The zero-order chi connectivity index (χ0) is 18.3. The summed E-state index contributed by atoms with van der Waals surface area (Å²) >= 11 is 0. The van der Waals surface area contributed by atoms with E-state index in [4.69, 9.17) is 0 Å². The Hall–Kier alpha value is -2.48. The van der Waals surface area contributed by atoms with Crippen molar-refractivity contribution in [3.8, 4) is 0 Å². The van der Waals surface area contributed by atoms with Crippen LogP contribution in [-0.2, 0) is 16.3 Å². The van der Waals surface area contributed by atoms with E-state index in [1.54, 1.807) is 19.2 Å². The molecule has 0 N–H and O–H groups in total. The smallest absolute Gasteiger partial charge is 0.274 e. The number of fused-ring (bicyclic) bond motifs is 1. The first-order valence-corrected chi connectivity index (χ1v) is 10.4. The number of hydrogen-bond donors (Lipinski definition) is 0. The van der Waals surface area contributed by atoms with Gasteiger partial charge in [-0.25, -0.2) is 8.42 Å². The molecule has 1 aromatic carbocycles. The van der Waals surface area contributed by atoms with Crippen LogP contribution in [0.25, 0.3) is 0 Å². The molecule has 0 radical (unpaired) electrons. The normalized spacial score (nSPS) is 20.8. The number of sulfone groups is 1. The summed E-state index contributed by atoms with van der Waals surface area (Å²) in [6, 6.07) is 11.3. The average Bonchev–Trinajstić information content (AvgIpc) is 3.24. The quantitative estimate of drug-likeness (QED) is 0.810. The molecule has 26 heavy (non-hydrogen) atoms. The van der Waals surface area contributed by atoms with E-state index in [0.29, 0.717) is 12.2 Å². The average molecular weight is 372 g/mol. The van der Waals surface area contributed by atoms with Crippen LogP contribution in [0.15, 0.2) is 36.4 Å². The van der Waals surface area contributed by atoms with Crippen LogP contribution < -0.4 is 4.90 Å². The van der Waals surface area contributed by atoms with Gasteiger partial charge >= 0.3 is 0 Å². The number of hydrogen-bond acceptors (Lipinski definition) is 6. The molecule has 1 amide bonds. The molecule has 1 saturated heterocycles. The second kappa shape index (κ2) is 6.35. The Bertz CT molecular complexity index is 943. The predicted molar refractivity (Wildman–Crippen MR) is 98.3 cm³/mol. The Morgan fingerprint density at radius 2 is 2.00 bits per heavy atom. The highest BCUT2D eigenvalue weighted by atomic mass is 32.2. The molecule has 8 heteroatoms. The van der Waals surface area contributed by atoms with E-state index >= 15 is 0 Å². The summed E-state index contributed by atoms with van der Waals surface area (Å²) in [5.41, 5.74) is 2.62. The largest absolute Gasteiger partial charge is 0.336 e. The minimum absolute atomic E-state index is 0.0192. The molecule has 2 aromatic rings. The summed E-state index contributed by atoms with van der Waals surface area (Å²) in [5.74, 6) is 0.560. The van der Waals surface area contributed by atoms with E-state index in [2.05, 4.69) is 27.2 Å². The molecule has 0 saturated carbocycles. The van der Waals surface area contributed by atoms with Crippen molar-refractivity contribution >= 4 is 27.2 Å². The van der Waals surface area contributed by atoms with Gasteiger partial charge in [0.15, 0.2) is 21.3 Å². The molecule has 0 aliphatic carbocycles. The number of anilines is 2. The number of nitrogens with zero attached hydrogens (tertiary/aromatic N) is 4. The first kappa shape index (κ1) is 17.0. The van der Waals surface area contributed by atoms with Gasteiger partial charge in [-0.1, -0.05) is 18.2 Å². The summed E-state index contributed by atoms with van der Waals surface area (Å²) in [5, 5.41) is 8.32. The fourth-order valence-electron chi connectivity index (χ4n) is 3.59. The molecule has 2 aliphatic heterocycles. The Morgan fingerprint density at radius 3 is 2.69 bits per heavy atom. The number of carbonyl (C=O) groups is 1. The van der Waals surface area contributed by atoms with Crippen molar-refractivity contribution in [3.63, 3.8) is 0 Å². The van der Waals surface area contributed by atoms with Crippen molar-refractivity contribution in [2.75, 3.05) is 30.0 Å². The van der Waals surface area contributed by atoms with Gasteiger partial charge in [0.1, 0.15) is 0 Å². The molecule has 0 bridgehead atoms. The van der Waals surface area contributed by atoms with Crippen LogP contribution in [0.1, 0.15) is 22.5 Å². The molecule has 1 atom stereocenters. The maximum Gasteiger partial charge on any atom is 0.274 e. The van der Waals surface area contributed by atoms with E-state index in [9.17, 15) is 13.2 Å². The van der Waals surface area contributed by atoms with Crippen molar-refractivity contribution < 1.29 is 13.2 Å². The SMILES string of the molecule is CN(C(=O)c1ccc(N2CCc3ccccc32)nn1)C1CCS(=O)(=O)C1. The van der Waals surface area contributed by atoms with Crippen molar-refractivity contribution in [2.24, 2.45) is 0 Å². The summed E-state index contributed by atoms with van der Waals surface area (Å²) in [6.07, 6.45) is 1.43. The van der Waals surface area contributed by atoms with Gasteiger partial charge in [-0.2, -0.15) is 0 Å². The van der Waals surface area contributed by atoms with Crippen LogP contribution in [0.4, 0.5) is 11.5 Å². The minimum atomic E-state index is -3.04. The van der Waals surface area contributed by atoms with Gasteiger partial charge in [-0.3, -0.25) is 4.79 Å². The minimum Gasteiger partial charge on any atom is -0.336 e. The van der Waals surface area contributed by atoms with Crippen LogP contribution in [-0.4, -0.2) is 60.6 Å². The van der Waals surface area contributed by atoms with E-state index < -0.39 is 9.84 Å². The van der Waals surface area contributed by atoms with Gasteiger partial charge in [0.25, 0.3) is 5.91 Å². The van der Waals surface area contributed by atoms with Crippen LogP contribution in [0.5, 0.6) is 0 Å². The van der Waals surface area contributed by atoms with Gasteiger partial charge in [-0.15, -0.1) is 10.2 Å². The number of carbonyl (C=O) groups excluding carboxylic acids is 1. The highest BCUT2D eigenvalue weighted by molar-refractivity contribution is 7.91. The van der Waals surface area contributed by atoms with Crippen molar-refractivity contribution in [3.05, 3.63) is 47.7 Å². The van der Waals surface area contributed by atoms with E-state index in [-0.39, 0.29) is 29.1 Å². The molecule has 2 aliphatic rings. The fourth-order valence-corrected chi connectivity index (χ4v) is 5.36. The van der Waals surface area contributed by atoms with Gasteiger partial charge in [-0.05, 0) is 36.6 Å². The molecule has 7 nitrogen and oxygen atoms in total. The summed E-state index contributed by atoms with van der Waals surface area (Å²) in [7, 11) is -1.41. The Kier molecular flexibility index (Phi) is 4.14.